The van der Waals surface area contributed by atoms with Gasteiger partial charge in [-0.25, -0.2) is 9.59 Å². The zero-order valence-corrected chi connectivity index (χ0v) is 43.7. The highest BCUT2D eigenvalue weighted by atomic mass is 16.7. The van der Waals surface area contributed by atoms with E-state index in [1.807, 2.05) is 0 Å². The van der Waals surface area contributed by atoms with Crippen LogP contribution in [0, 0.1) is 13.8 Å². The first-order valence-corrected chi connectivity index (χ1v) is 23.8. The third kappa shape index (κ3) is 10.1. The molecule has 22 nitrogen and oxygen atoms in total. The predicted octanol–water partition coefficient (Wildman–Crippen LogP) is 5.22. The average Bonchev–Trinajstić information content (AvgIpc) is 3.39. The highest BCUT2D eigenvalue weighted by molar-refractivity contribution is 6.08. The second-order valence-electron chi connectivity index (χ2n) is 19.2. The van der Waals surface area contributed by atoms with E-state index in [0.717, 1.165) is 0 Å². The molecule has 4 heterocycles. The highest BCUT2D eigenvalue weighted by Crippen LogP contribution is 2.44. The molecule has 0 aliphatic carbocycles. The van der Waals surface area contributed by atoms with Crippen LogP contribution in [0.1, 0.15) is 59.5 Å². The van der Waals surface area contributed by atoms with E-state index in [2.05, 4.69) is 10.6 Å². The Balaban J connectivity index is 1.04. The van der Waals surface area contributed by atoms with Crippen molar-refractivity contribution in [2.75, 3.05) is 53.3 Å². The lowest BCUT2D eigenvalue weighted by molar-refractivity contribution is -0.306. The van der Waals surface area contributed by atoms with Crippen molar-refractivity contribution in [3.05, 3.63) is 104 Å². The van der Waals surface area contributed by atoms with Crippen molar-refractivity contribution < 1.29 is 86.2 Å². The first kappa shape index (κ1) is 55.0. The van der Waals surface area contributed by atoms with Gasteiger partial charge in [0.15, 0.2) is 23.0 Å². The molecule has 76 heavy (non-hydrogen) atoms. The molecule has 2 amide bonds. The summed E-state index contributed by atoms with van der Waals surface area (Å²) in [6, 6.07) is 14.8. The van der Waals surface area contributed by atoms with Crippen LogP contribution < -0.4 is 50.3 Å². The molecule has 406 valence electrons. The van der Waals surface area contributed by atoms with Crippen LogP contribution in [0.5, 0.6) is 34.5 Å². The molecule has 0 bridgehead atoms. The maximum atomic E-state index is 14.0. The molecule has 6 aromatic rings. The van der Waals surface area contributed by atoms with Crippen LogP contribution in [0.25, 0.3) is 33.1 Å². The summed E-state index contributed by atoms with van der Waals surface area (Å²) in [7, 11) is 8.38. The molecule has 8 atom stereocenters. The molecule has 0 radical (unpaired) electrons. The minimum Gasteiger partial charge on any atom is -0.496 e. The SMILES string of the molecule is COc1ccc(C(=O)Nc2cc3cc(OC)c(O[C@@H]4OC(C)(C)[C@H](OC)[C@@H](O)[C@H]4O)c(C)c3oc2=O)cc1-c1cc(C(=O)Nc2cc3cc(OC)c(O[C@@H]4OC(C)(C)[C@H](OC)[C@@H](O)[C@H]4O)c(C)c3oc2=O)ccc1OC. The van der Waals surface area contributed by atoms with Crippen LogP contribution >= 0.6 is 0 Å². The van der Waals surface area contributed by atoms with E-state index in [-0.39, 0.29) is 68.2 Å². The van der Waals surface area contributed by atoms with E-state index in [4.69, 9.17) is 56.2 Å². The molecule has 0 unspecified atom stereocenters. The van der Waals surface area contributed by atoms with Crippen molar-refractivity contribution in [1.82, 2.24) is 0 Å². The Bertz CT molecular complexity index is 3110. The van der Waals surface area contributed by atoms with Crippen molar-refractivity contribution in [3.63, 3.8) is 0 Å². The van der Waals surface area contributed by atoms with Crippen LogP contribution in [0.4, 0.5) is 11.4 Å². The van der Waals surface area contributed by atoms with Crippen molar-refractivity contribution in [2.45, 2.75) is 102 Å². The first-order valence-electron chi connectivity index (χ1n) is 23.8. The topological polar surface area (TPSA) is 292 Å². The number of amides is 2. The van der Waals surface area contributed by atoms with E-state index in [1.54, 1.807) is 41.5 Å². The van der Waals surface area contributed by atoms with Crippen LogP contribution in [-0.2, 0) is 18.9 Å². The van der Waals surface area contributed by atoms with Gasteiger partial charge in [0.1, 0.15) is 70.7 Å². The molecule has 2 aliphatic rings. The summed E-state index contributed by atoms with van der Waals surface area (Å²) in [4.78, 5) is 55.0. The Labute approximate surface area is 434 Å². The van der Waals surface area contributed by atoms with Crippen molar-refractivity contribution in [2.24, 2.45) is 0 Å². The summed E-state index contributed by atoms with van der Waals surface area (Å²) in [5, 5.41) is 49.3. The number of aryl methyl sites for hydroxylation is 2. The number of rotatable bonds is 15. The Kier molecular flexibility index (Phi) is 15.5. The lowest BCUT2D eigenvalue weighted by Gasteiger charge is -2.46. The third-order valence-electron chi connectivity index (χ3n) is 13.6. The fraction of sp³-hybridized carbons (Fsp3) is 0.407. The number of aliphatic hydroxyl groups excluding tert-OH is 4. The number of hydrogen-bond acceptors (Lipinski definition) is 20. The lowest BCUT2D eigenvalue weighted by atomic mass is 9.89. The average molecular weight is 1060 g/mol. The molecular weight excluding hydrogens is 997 g/mol. The molecule has 2 aliphatic heterocycles. The second kappa shape index (κ2) is 21.4. The van der Waals surface area contributed by atoms with Crippen LogP contribution in [0.2, 0.25) is 0 Å². The van der Waals surface area contributed by atoms with Gasteiger partial charge >= 0.3 is 11.3 Å². The van der Waals surface area contributed by atoms with Gasteiger partial charge in [-0.3, -0.25) is 9.59 Å². The van der Waals surface area contributed by atoms with Gasteiger partial charge < -0.3 is 87.3 Å². The molecule has 2 fully saturated rings. The molecule has 6 N–H and O–H groups in total. The van der Waals surface area contributed by atoms with Gasteiger partial charge in [0.05, 0.1) is 39.6 Å². The summed E-state index contributed by atoms with van der Waals surface area (Å²) >= 11 is 0. The Morgan fingerprint density at radius 2 is 0.868 bits per heavy atom. The Morgan fingerprint density at radius 1 is 0.513 bits per heavy atom. The fourth-order valence-electron chi connectivity index (χ4n) is 9.68. The van der Waals surface area contributed by atoms with Gasteiger partial charge in [-0.15, -0.1) is 0 Å². The number of ether oxygens (including phenoxy) is 10. The number of methoxy groups -OCH3 is 6. The predicted molar refractivity (Wildman–Crippen MR) is 273 cm³/mol. The minimum absolute atomic E-state index is 0.0632. The van der Waals surface area contributed by atoms with E-state index >= 15 is 0 Å². The van der Waals surface area contributed by atoms with E-state index < -0.39 is 83.5 Å². The van der Waals surface area contributed by atoms with Crippen LogP contribution in [0.3, 0.4) is 0 Å². The van der Waals surface area contributed by atoms with E-state index in [0.29, 0.717) is 33.0 Å². The number of hydrogen-bond donors (Lipinski definition) is 6. The van der Waals surface area contributed by atoms with Crippen molar-refractivity contribution >= 4 is 45.1 Å². The molecule has 0 spiro atoms. The van der Waals surface area contributed by atoms with Crippen LogP contribution in [-0.4, -0.2) is 135 Å². The van der Waals surface area contributed by atoms with Gasteiger partial charge in [-0.1, -0.05) is 0 Å². The molecule has 4 aromatic carbocycles. The number of carbonyl (C=O) groups is 2. The monoisotopic (exact) mass is 1060 g/mol. The molecule has 0 saturated carbocycles. The normalized spacial score (nSPS) is 22.9. The maximum absolute atomic E-state index is 14.0. The smallest absolute Gasteiger partial charge is 0.360 e. The Morgan fingerprint density at radius 3 is 1.20 bits per heavy atom. The molecule has 22 heteroatoms. The van der Waals surface area contributed by atoms with Crippen molar-refractivity contribution in [3.8, 4) is 45.6 Å². The number of nitrogens with one attached hydrogen (secondary N) is 2. The Hall–Kier alpha value is -7.28. The van der Waals surface area contributed by atoms with E-state index in [9.17, 15) is 39.6 Å². The summed E-state index contributed by atoms with van der Waals surface area (Å²) in [5.74, 6) is -0.403. The fourth-order valence-corrected chi connectivity index (χ4v) is 9.68. The number of aliphatic hydroxyl groups is 4. The van der Waals surface area contributed by atoms with Gasteiger partial charge in [0, 0.05) is 58.4 Å². The van der Waals surface area contributed by atoms with Gasteiger partial charge in [-0.2, -0.15) is 0 Å². The number of anilines is 2. The standard InChI is InChI=1S/C54H60N2O20/c1-23-41-27(21-35(67-9)43(23)73-51-39(59)37(57)45(69-11)53(3,4)75-51)19-31(49(63)71-41)55-47(61)25-13-15-33(65-7)29(17-25)30-18-26(14-16-34(30)66-8)48(62)56-32-20-28-22-36(68-10)44(24(2)42(28)72-50(32)64)74-52-40(60)38(58)46(70-12)54(5,6)76-52/h13-22,37-40,45-46,51-52,57-60H,1-12H3,(H,55,61)(H,56,62)/t37-,38-,39+,40+,45+,46+,51+,52+/m0/s1. The molecule has 2 aromatic heterocycles. The summed E-state index contributed by atoms with van der Waals surface area (Å²) < 4.78 is 69.0. The largest absolute Gasteiger partial charge is 0.496 e. The molecule has 2 saturated heterocycles. The quantitative estimate of drug-likeness (QED) is 0.0718. The third-order valence-corrected chi connectivity index (χ3v) is 13.6. The van der Waals surface area contributed by atoms with Gasteiger partial charge in [0.2, 0.25) is 12.6 Å². The zero-order chi connectivity index (χ0) is 55.3. The highest BCUT2D eigenvalue weighted by Gasteiger charge is 2.52. The molecule has 8 rings (SSSR count). The number of benzene rings is 4. The number of fused-ring (bicyclic) bond motifs is 2. The molecular formula is C54H60N2O20. The second-order valence-corrected chi connectivity index (χ2v) is 19.2. The minimum atomic E-state index is -1.52. The first-order chi connectivity index (χ1) is 36.0. The maximum Gasteiger partial charge on any atom is 0.360 e. The van der Waals surface area contributed by atoms with Crippen molar-refractivity contribution in [1.29, 1.82) is 0 Å². The van der Waals surface area contributed by atoms with Crippen LogP contribution in [0.15, 0.2) is 79.1 Å². The van der Waals surface area contributed by atoms with E-state index in [1.165, 1.54) is 103 Å². The summed E-state index contributed by atoms with van der Waals surface area (Å²) in [6.45, 7) is 9.90. The van der Waals surface area contributed by atoms with Gasteiger partial charge in [0.25, 0.3) is 11.8 Å². The lowest BCUT2D eigenvalue weighted by Crippen LogP contribution is -2.63. The summed E-state index contributed by atoms with van der Waals surface area (Å²) in [5.41, 5.74) is -2.89. The number of carbonyl (C=O) groups excluding carboxylic acids is 2. The van der Waals surface area contributed by atoms with Gasteiger partial charge in [-0.05, 0) is 102 Å². The zero-order valence-electron chi connectivity index (χ0n) is 43.7. The summed E-state index contributed by atoms with van der Waals surface area (Å²) in [6.07, 6.45) is -10.2.